The number of hydrogen-bond donors (Lipinski definition) is 1. The Bertz CT molecular complexity index is 607. The molecule has 17 heavy (non-hydrogen) atoms. The van der Waals surface area contributed by atoms with Gasteiger partial charge in [-0.15, -0.1) is 0 Å². The van der Waals surface area contributed by atoms with Gasteiger partial charge < -0.3 is 10.3 Å². The monoisotopic (exact) mass is 293 g/mol. The topological polar surface area (TPSA) is 60.9 Å². The predicted molar refractivity (Wildman–Crippen MR) is 70.9 cm³/mol. The molecule has 0 saturated heterocycles. The highest BCUT2D eigenvalue weighted by Gasteiger charge is 2.03. The van der Waals surface area contributed by atoms with Crippen molar-refractivity contribution in [1.82, 2.24) is 9.55 Å². The van der Waals surface area contributed by atoms with Crippen molar-refractivity contribution in [3.8, 4) is 0 Å². The van der Waals surface area contributed by atoms with Crippen LogP contribution < -0.4 is 11.3 Å². The molecule has 0 aliphatic heterocycles. The normalized spacial score (nSPS) is 10.5. The number of halogens is 1. The molecule has 2 rings (SSSR count). The van der Waals surface area contributed by atoms with Crippen molar-refractivity contribution in [3.05, 3.63) is 56.5 Å². The summed E-state index contributed by atoms with van der Waals surface area (Å²) in [6, 6.07) is 5.42. The second kappa shape index (κ2) is 4.71. The molecule has 4 nitrogen and oxygen atoms in total. The summed E-state index contributed by atoms with van der Waals surface area (Å²) in [5, 5.41) is 0. The molecular formula is C12H12BrN3O. The van der Waals surface area contributed by atoms with Crippen LogP contribution in [-0.4, -0.2) is 9.55 Å². The summed E-state index contributed by atoms with van der Waals surface area (Å²) in [6.45, 7) is 2.29. The van der Waals surface area contributed by atoms with Crippen LogP contribution in [0.1, 0.15) is 11.1 Å². The zero-order valence-electron chi connectivity index (χ0n) is 9.35. The molecule has 88 valence electrons. The average Bonchev–Trinajstić information content (AvgIpc) is 2.25. The zero-order chi connectivity index (χ0) is 12.4. The lowest BCUT2D eigenvalue weighted by atomic mass is 10.2. The maximum Gasteiger partial charge on any atom is 0.253 e. The van der Waals surface area contributed by atoms with Crippen LogP contribution in [0.5, 0.6) is 0 Å². The molecular weight excluding hydrogens is 282 g/mol. The zero-order valence-corrected chi connectivity index (χ0v) is 10.9. The fraction of sp³-hybridized carbons (Fsp3) is 0.167. The number of hydrogen-bond acceptors (Lipinski definition) is 3. The highest BCUT2D eigenvalue weighted by molar-refractivity contribution is 9.10. The standard InChI is InChI=1S/C12H12BrN3O/c1-8-4-10(13)7-16(12(8)17)6-9-2-3-15-11(14)5-9/h2-5,7H,6H2,1H3,(H2,14,15). The number of anilines is 1. The van der Waals surface area contributed by atoms with Crippen molar-refractivity contribution in [2.24, 2.45) is 0 Å². The summed E-state index contributed by atoms with van der Waals surface area (Å²) in [4.78, 5) is 15.8. The van der Waals surface area contributed by atoms with Crippen molar-refractivity contribution in [2.45, 2.75) is 13.5 Å². The van der Waals surface area contributed by atoms with Crippen molar-refractivity contribution in [3.63, 3.8) is 0 Å². The van der Waals surface area contributed by atoms with Gasteiger partial charge in [0, 0.05) is 22.4 Å². The molecule has 2 heterocycles. The Morgan fingerprint density at radius 2 is 2.24 bits per heavy atom. The third-order valence-corrected chi connectivity index (χ3v) is 2.86. The number of aromatic nitrogens is 2. The quantitative estimate of drug-likeness (QED) is 0.921. The first-order valence-electron chi connectivity index (χ1n) is 5.13. The second-order valence-electron chi connectivity index (χ2n) is 3.86. The molecule has 2 aromatic heterocycles. The van der Waals surface area contributed by atoms with Gasteiger partial charge in [0.15, 0.2) is 0 Å². The number of nitrogens with two attached hydrogens (primary N) is 1. The number of nitrogens with zero attached hydrogens (tertiary/aromatic N) is 2. The second-order valence-corrected chi connectivity index (χ2v) is 4.78. The summed E-state index contributed by atoms with van der Waals surface area (Å²) in [5.74, 6) is 0.460. The van der Waals surface area contributed by atoms with Crippen LogP contribution >= 0.6 is 15.9 Å². The van der Waals surface area contributed by atoms with Crippen LogP contribution in [-0.2, 0) is 6.54 Å². The van der Waals surface area contributed by atoms with E-state index >= 15 is 0 Å². The van der Waals surface area contributed by atoms with Crippen LogP contribution in [0.3, 0.4) is 0 Å². The number of nitrogen functional groups attached to an aromatic ring is 1. The van der Waals surface area contributed by atoms with E-state index < -0.39 is 0 Å². The number of aryl methyl sites for hydroxylation is 1. The van der Waals surface area contributed by atoms with E-state index in [0.717, 1.165) is 10.0 Å². The average molecular weight is 294 g/mol. The lowest BCUT2D eigenvalue weighted by Crippen LogP contribution is -2.22. The van der Waals surface area contributed by atoms with Gasteiger partial charge in [0.05, 0.1) is 6.54 Å². The molecule has 2 aromatic rings. The van der Waals surface area contributed by atoms with Gasteiger partial charge in [-0.25, -0.2) is 4.98 Å². The van der Waals surface area contributed by atoms with Gasteiger partial charge in [-0.05, 0) is 46.6 Å². The van der Waals surface area contributed by atoms with Crippen molar-refractivity contribution >= 4 is 21.7 Å². The Morgan fingerprint density at radius 1 is 1.47 bits per heavy atom. The van der Waals surface area contributed by atoms with Crippen molar-refractivity contribution < 1.29 is 0 Å². The fourth-order valence-electron chi connectivity index (χ4n) is 1.65. The third kappa shape index (κ3) is 2.74. The summed E-state index contributed by atoms with van der Waals surface area (Å²) in [6.07, 6.45) is 3.41. The molecule has 0 amide bonds. The number of pyridine rings is 2. The van der Waals surface area contributed by atoms with Gasteiger partial charge in [-0.2, -0.15) is 0 Å². The SMILES string of the molecule is Cc1cc(Br)cn(Cc2ccnc(N)c2)c1=O. The molecule has 0 bridgehead atoms. The summed E-state index contributed by atoms with van der Waals surface area (Å²) >= 11 is 3.38. The van der Waals surface area contributed by atoms with Gasteiger partial charge >= 0.3 is 0 Å². The largest absolute Gasteiger partial charge is 0.384 e. The van der Waals surface area contributed by atoms with E-state index in [1.807, 2.05) is 6.07 Å². The maximum absolute atomic E-state index is 11.9. The van der Waals surface area contributed by atoms with E-state index in [9.17, 15) is 4.79 Å². The first-order valence-corrected chi connectivity index (χ1v) is 5.92. The lowest BCUT2D eigenvalue weighted by molar-refractivity contribution is 0.748. The van der Waals surface area contributed by atoms with E-state index in [1.165, 1.54) is 0 Å². The van der Waals surface area contributed by atoms with E-state index in [2.05, 4.69) is 20.9 Å². The predicted octanol–water partition coefficient (Wildman–Crippen LogP) is 1.94. The fourth-order valence-corrected chi connectivity index (χ4v) is 2.24. The molecule has 0 unspecified atom stereocenters. The van der Waals surface area contributed by atoms with Crippen molar-refractivity contribution in [1.29, 1.82) is 0 Å². The van der Waals surface area contributed by atoms with E-state index in [0.29, 0.717) is 17.9 Å². The summed E-state index contributed by atoms with van der Waals surface area (Å²) < 4.78 is 2.53. The lowest BCUT2D eigenvalue weighted by Gasteiger charge is -2.08. The molecule has 0 saturated carbocycles. The maximum atomic E-state index is 11.9. The minimum absolute atomic E-state index is 0.00332. The van der Waals surface area contributed by atoms with Crippen LogP contribution in [0, 0.1) is 6.92 Å². The van der Waals surface area contributed by atoms with Crippen LogP contribution in [0.15, 0.2) is 39.9 Å². The van der Waals surface area contributed by atoms with E-state index in [-0.39, 0.29) is 5.56 Å². The smallest absolute Gasteiger partial charge is 0.253 e. The molecule has 0 atom stereocenters. The Kier molecular flexibility index (Phi) is 3.28. The minimum Gasteiger partial charge on any atom is -0.384 e. The van der Waals surface area contributed by atoms with E-state index in [4.69, 9.17) is 5.73 Å². The Labute approximate surface area is 107 Å². The van der Waals surface area contributed by atoms with Gasteiger partial charge in [-0.1, -0.05) is 0 Å². The van der Waals surface area contributed by atoms with Gasteiger partial charge in [0.1, 0.15) is 5.82 Å². The number of rotatable bonds is 2. The van der Waals surface area contributed by atoms with Gasteiger partial charge in [0.2, 0.25) is 0 Å². The van der Waals surface area contributed by atoms with Gasteiger partial charge in [0.25, 0.3) is 5.56 Å². The minimum atomic E-state index is 0.00332. The first-order chi connectivity index (χ1) is 8.06. The molecule has 0 aliphatic carbocycles. The first kappa shape index (κ1) is 11.9. The highest BCUT2D eigenvalue weighted by Crippen LogP contribution is 2.10. The molecule has 0 aromatic carbocycles. The summed E-state index contributed by atoms with van der Waals surface area (Å²) in [5.41, 5.74) is 7.27. The molecule has 0 aliphatic rings. The Hall–Kier alpha value is -1.62. The van der Waals surface area contributed by atoms with Crippen LogP contribution in [0.4, 0.5) is 5.82 Å². The Balaban J connectivity index is 2.40. The Morgan fingerprint density at radius 3 is 2.94 bits per heavy atom. The molecule has 0 spiro atoms. The molecule has 0 fully saturated rings. The van der Waals surface area contributed by atoms with Crippen LogP contribution in [0.2, 0.25) is 0 Å². The summed E-state index contributed by atoms with van der Waals surface area (Å²) in [7, 11) is 0. The van der Waals surface area contributed by atoms with Crippen LogP contribution in [0.25, 0.3) is 0 Å². The van der Waals surface area contributed by atoms with Crippen molar-refractivity contribution in [2.75, 3.05) is 5.73 Å². The molecule has 5 heteroatoms. The van der Waals surface area contributed by atoms with E-state index in [1.54, 1.807) is 36.0 Å². The third-order valence-electron chi connectivity index (χ3n) is 2.43. The van der Waals surface area contributed by atoms with Gasteiger partial charge in [-0.3, -0.25) is 4.79 Å². The molecule has 0 radical (unpaired) electrons. The highest BCUT2D eigenvalue weighted by atomic mass is 79.9. The molecule has 2 N–H and O–H groups in total.